The Balaban J connectivity index is 1.93. The van der Waals surface area contributed by atoms with E-state index in [-0.39, 0.29) is 17.9 Å². The summed E-state index contributed by atoms with van der Waals surface area (Å²) in [6.45, 7) is 4.62. The zero-order valence-electron chi connectivity index (χ0n) is 11.4. The maximum atomic E-state index is 9.89. The third-order valence-electron chi connectivity index (χ3n) is 3.24. The first kappa shape index (κ1) is 14.1. The maximum Gasteiger partial charge on any atom is 0.120 e. The van der Waals surface area contributed by atoms with E-state index in [0.717, 1.165) is 11.3 Å². The largest absolute Gasteiger partial charge is 0.508 e. The van der Waals surface area contributed by atoms with E-state index in [2.05, 4.69) is 5.32 Å². The first-order valence-electron chi connectivity index (χ1n) is 6.50. The average molecular weight is 267 g/mol. The Morgan fingerprint density at radius 2 is 2.32 bits per heavy atom. The second-order valence-corrected chi connectivity index (χ2v) is 4.62. The van der Waals surface area contributed by atoms with Crippen molar-refractivity contribution < 1.29 is 19.3 Å². The fourth-order valence-corrected chi connectivity index (χ4v) is 2.08. The molecule has 0 saturated carbocycles. The molecule has 1 fully saturated rings. The molecule has 0 radical (unpaired) electrons. The molecule has 1 aliphatic heterocycles. The lowest BCUT2D eigenvalue weighted by atomic mass is 10.1. The van der Waals surface area contributed by atoms with Gasteiger partial charge in [-0.1, -0.05) is 0 Å². The molecule has 0 amide bonds. The lowest BCUT2D eigenvalue weighted by Gasteiger charge is -2.25. The smallest absolute Gasteiger partial charge is 0.120 e. The Bertz CT molecular complexity index is 404. The first-order chi connectivity index (χ1) is 9.20. The van der Waals surface area contributed by atoms with Crippen LogP contribution in [0.4, 0.5) is 0 Å². The van der Waals surface area contributed by atoms with Crippen LogP contribution in [0.2, 0.25) is 0 Å². The lowest BCUT2D eigenvalue weighted by molar-refractivity contribution is -0.0869. The summed E-state index contributed by atoms with van der Waals surface area (Å²) in [4.78, 5) is 0. The van der Waals surface area contributed by atoms with E-state index in [1.807, 2.05) is 13.0 Å². The summed E-state index contributed by atoms with van der Waals surface area (Å²) in [6, 6.07) is 5.24. The number of ether oxygens (including phenoxy) is 3. The van der Waals surface area contributed by atoms with Crippen molar-refractivity contribution >= 4 is 0 Å². The number of aromatic hydroxyl groups is 1. The minimum Gasteiger partial charge on any atom is -0.508 e. The Labute approximate surface area is 113 Å². The number of phenolic OH excluding ortho intramolecular Hbond substituents is 1. The summed E-state index contributed by atoms with van der Waals surface area (Å²) in [5, 5.41) is 13.2. The normalized spacial score (nSPS) is 21.1. The van der Waals surface area contributed by atoms with Crippen LogP contribution in [0.1, 0.15) is 18.5 Å². The van der Waals surface area contributed by atoms with Gasteiger partial charge in [0, 0.05) is 18.2 Å². The number of benzene rings is 1. The van der Waals surface area contributed by atoms with Gasteiger partial charge in [0.2, 0.25) is 0 Å². The van der Waals surface area contributed by atoms with Gasteiger partial charge in [-0.3, -0.25) is 0 Å². The highest BCUT2D eigenvalue weighted by Crippen LogP contribution is 2.28. The number of phenols is 1. The fourth-order valence-electron chi connectivity index (χ4n) is 2.08. The number of hydrogen-bond acceptors (Lipinski definition) is 5. The zero-order valence-corrected chi connectivity index (χ0v) is 11.4. The van der Waals surface area contributed by atoms with Gasteiger partial charge in [-0.05, 0) is 25.1 Å². The van der Waals surface area contributed by atoms with Crippen molar-refractivity contribution in [1.29, 1.82) is 0 Å². The number of rotatable bonds is 5. The number of methoxy groups -OCH3 is 1. The highest BCUT2D eigenvalue weighted by molar-refractivity contribution is 5.41. The molecule has 0 aromatic heterocycles. The van der Waals surface area contributed by atoms with Crippen molar-refractivity contribution in [3.05, 3.63) is 23.8 Å². The van der Waals surface area contributed by atoms with Crippen LogP contribution >= 0.6 is 0 Å². The van der Waals surface area contributed by atoms with Gasteiger partial charge in [0.1, 0.15) is 11.5 Å². The van der Waals surface area contributed by atoms with Crippen molar-refractivity contribution in [2.75, 3.05) is 33.5 Å². The summed E-state index contributed by atoms with van der Waals surface area (Å²) in [5.74, 6) is 1.00. The van der Waals surface area contributed by atoms with Crippen molar-refractivity contribution in [2.24, 2.45) is 0 Å². The molecule has 5 nitrogen and oxygen atoms in total. The van der Waals surface area contributed by atoms with E-state index in [0.29, 0.717) is 26.4 Å². The molecule has 5 heteroatoms. The van der Waals surface area contributed by atoms with Crippen LogP contribution < -0.4 is 10.1 Å². The van der Waals surface area contributed by atoms with Gasteiger partial charge in [-0.2, -0.15) is 0 Å². The number of nitrogens with one attached hydrogen (secondary N) is 1. The Morgan fingerprint density at radius 1 is 1.47 bits per heavy atom. The Hall–Kier alpha value is -1.30. The zero-order chi connectivity index (χ0) is 13.7. The van der Waals surface area contributed by atoms with E-state index in [1.54, 1.807) is 19.2 Å². The van der Waals surface area contributed by atoms with Gasteiger partial charge in [-0.15, -0.1) is 0 Å². The van der Waals surface area contributed by atoms with Gasteiger partial charge in [0.25, 0.3) is 0 Å². The maximum absolute atomic E-state index is 9.89. The number of hydrogen-bond donors (Lipinski definition) is 2. The molecule has 1 saturated heterocycles. The molecule has 2 N–H and O–H groups in total. The molecular formula is C14H21NO4. The molecule has 0 bridgehead atoms. The third-order valence-corrected chi connectivity index (χ3v) is 3.24. The predicted octanol–water partition coefficient (Wildman–Crippen LogP) is 1.47. The van der Waals surface area contributed by atoms with Crippen LogP contribution in [0.25, 0.3) is 0 Å². The van der Waals surface area contributed by atoms with Crippen LogP contribution in [0.3, 0.4) is 0 Å². The lowest BCUT2D eigenvalue weighted by Crippen LogP contribution is -2.38. The van der Waals surface area contributed by atoms with Crippen LogP contribution in [-0.2, 0) is 9.47 Å². The van der Waals surface area contributed by atoms with Crippen LogP contribution in [0.15, 0.2) is 18.2 Å². The molecule has 2 atom stereocenters. The van der Waals surface area contributed by atoms with E-state index in [9.17, 15) is 5.11 Å². The third kappa shape index (κ3) is 3.83. The minimum absolute atomic E-state index is 0.0145. The molecule has 1 aliphatic rings. The molecule has 19 heavy (non-hydrogen) atoms. The van der Waals surface area contributed by atoms with E-state index >= 15 is 0 Å². The average Bonchev–Trinajstić information content (AvgIpc) is 2.46. The highest BCUT2D eigenvalue weighted by Gasteiger charge is 2.17. The molecule has 1 heterocycles. The van der Waals surface area contributed by atoms with Gasteiger partial charge in [-0.25, -0.2) is 0 Å². The van der Waals surface area contributed by atoms with Crippen LogP contribution in [0, 0.1) is 0 Å². The second-order valence-electron chi connectivity index (χ2n) is 4.62. The summed E-state index contributed by atoms with van der Waals surface area (Å²) < 4.78 is 16.1. The van der Waals surface area contributed by atoms with E-state index in [4.69, 9.17) is 14.2 Å². The molecule has 2 rings (SSSR count). The highest BCUT2D eigenvalue weighted by atomic mass is 16.6. The fraction of sp³-hybridized carbons (Fsp3) is 0.571. The van der Waals surface area contributed by atoms with Crippen molar-refractivity contribution in [2.45, 2.75) is 19.1 Å². The summed E-state index contributed by atoms with van der Waals surface area (Å²) in [6.07, 6.45) is 0.0731. The van der Waals surface area contributed by atoms with Gasteiger partial charge in [0.15, 0.2) is 0 Å². The van der Waals surface area contributed by atoms with E-state index < -0.39 is 0 Å². The first-order valence-corrected chi connectivity index (χ1v) is 6.50. The van der Waals surface area contributed by atoms with Crippen molar-refractivity contribution in [3.8, 4) is 11.5 Å². The molecule has 0 spiro atoms. The van der Waals surface area contributed by atoms with Crippen LogP contribution in [-0.4, -0.2) is 44.7 Å². The quantitative estimate of drug-likeness (QED) is 0.846. The SMILES string of the molecule is COc1ccc(O)c(C(C)NCC2COCCO2)c1. The molecule has 1 aromatic rings. The van der Waals surface area contributed by atoms with Gasteiger partial charge in [0.05, 0.1) is 33.0 Å². The minimum atomic E-state index is 0.0145. The molecule has 106 valence electrons. The molecular weight excluding hydrogens is 246 g/mol. The molecule has 2 unspecified atom stereocenters. The topological polar surface area (TPSA) is 60.0 Å². The standard InChI is InChI=1S/C14H21NO4/c1-10(15-8-12-9-18-5-6-19-12)13-7-11(17-2)3-4-14(13)16/h3-4,7,10,12,15-16H,5-6,8-9H2,1-2H3. The Kier molecular flexibility index (Phi) is 5.01. The second kappa shape index (κ2) is 6.75. The van der Waals surface area contributed by atoms with E-state index in [1.165, 1.54) is 0 Å². The molecule has 1 aromatic carbocycles. The monoisotopic (exact) mass is 267 g/mol. The predicted molar refractivity (Wildman–Crippen MR) is 71.6 cm³/mol. The summed E-state index contributed by atoms with van der Waals surface area (Å²) in [5.41, 5.74) is 0.816. The molecule has 0 aliphatic carbocycles. The summed E-state index contributed by atoms with van der Waals surface area (Å²) >= 11 is 0. The van der Waals surface area contributed by atoms with Crippen LogP contribution in [0.5, 0.6) is 11.5 Å². The summed E-state index contributed by atoms with van der Waals surface area (Å²) in [7, 11) is 1.61. The Morgan fingerprint density at radius 3 is 3.00 bits per heavy atom. The van der Waals surface area contributed by atoms with Gasteiger partial charge < -0.3 is 24.6 Å². The van der Waals surface area contributed by atoms with Crippen molar-refractivity contribution in [1.82, 2.24) is 5.32 Å². The van der Waals surface area contributed by atoms with Gasteiger partial charge >= 0.3 is 0 Å². The van der Waals surface area contributed by atoms with Crippen molar-refractivity contribution in [3.63, 3.8) is 0 Å².